The first-order chi connectivity index (χ1) is 21.0. The van der Waals surface area contributed by atoms with Crippen LogP contribution >= 0.6 is 11.8 Å². The van der Waals surface area contributed by atoms with Crippen molar-refractivity contribution in [3.63, 3.8) is 0 Å². The van der Waals surface area contributed by atoms with Crippen LogP contribution in [0.25, 0.3) is 0 Å². The molecule has 44 heavy (non-hydrogen) atoms. The average molecular weight is 877 g/mol. The number of aliphatic hydroxyl groups excluding tert-OH is 1. The summed E-state index contributed by atoms with van der Waals surface area (Å²) in [7, 11) is -3.78. The molecule has 0 amide bonds. The van der Waals surface area contributed by atoms with Crippen molar-refractivity contribution in [2.75, 3.05) is 18.1 Å². The molecule has 1 saturated heterocycles. The topological polar surface area (TPSA) is 78.9 Å². The van der Waals surface area contributed by atoms with Crippen LogP contribution < -0.4 is 9.62 Å². The van der Waals surface area contributed by atoms with Gasteiger partial charge in [0.25, 0.3) is 0 Å². The smallest absolute Gasteiger partial charge is 0.240 e. The van der Waals surface area contributed by atoms with Crippen LogP contribution in [0.1, 0.15) is 84.5 Å². The number of nitrogens with zero attached hydrogens (tertiary/aromatic N) is 1. The van der Waals surface area contributed by atoms with E-state index in [0.29, 0.717) is 0 Å². The van der Waals surface area contributed by atoms with E-state index in [0.717, 1.165) is 21.2 Å². The van der Waals surface area contributed by atoms with E-state index in [1.165, 1.54) is 12.1 Å². The summed E-state index contributed by atoms with van der Waals surface area (Å²) in [6.07, 6.45) is -0.962. The molecule has 9 heteroatoms. The number of aliphatic hydroxyl groups is 1. The van der Waals surface area contributed by atoms with Crippen LogP contribution in [0.4, 0.5) is 11.4 Å². The van der Waals surface area contributed by atoms with Crippen LogP contribution in [0.15, 0.2) is 93.5 Å². The maximum Gasteiger partial charge on any atom is 0.240 e. The quantitative estimate of drug-likeness (QED) is 0.272. The van der Waals surface area contributed by atoms with E-state index in [1.807, 2.05) is 119 Å². The summed E-state index contributed by atoms with van der Waals surface area (Å²) >= 11 is 1.68. The maximum atomic E-state index is 12.8. The van der Waals surface area contributed by atoms with Crippen molar-refractivity contribution in [2.24, 2.45) is 0 Å². The molecule has 0 bridgehead atoms. The number of rotatable bonds is 4. The number of hydrogen-bond donors (Lipinski definition) is 2. The van der Waals surface area contributed by atoms with Gasteiger partial charge in [-0.05, 0) is 36.4 Å². The predicted molar refractivity (Wildman–Crippen MR) is 191 cm³/mol. The van der Waals surface area contributed by atoms with Gasteiger partial charge in [-0.25, -0.2) is 13.1 Å². The largest absolute Gasteiger partial charge is 0.389 e. The monoisotopic (exact) mass is 876 g/mol. The van der Waals surface area contributed by atoms with Crippen molar-refractivity contribution in [1.29, 1.82) is 0 Å². The molecule has 3 unspecified atom stereocenters. The van der Waals surface area contributed by atoms with Crippen molar-refractivity contribution in [3.05, 3.63) is 78.9 Å². The number of fused-ring (bicyclic) bond motifs is 2. The van der Waals surface area contributed by atoms with Gasteiger partial charge in [0, 0.05) is 42.3 Å². The number of anilines is 2. The van der Waals surface area contributed by atoms with Crippen LogP contribution in [0.5, 0.6) is 0 Å². The van der Waals surface area contributed by atoms with E-state index < -0.39 is 28.2 Å². The molecule has 0 saturated carbocycles. The maximum absolute atomic E-state index is 12.8. The summed E-state index contributed by atoms with van der Waals surface area (Å²) in [6.45, 7) is 24.4. The van der Waals surface area contributed by atoms with Gasteiger partial charge in [0.2, 0.25) is 10.0 Å². The summed E-state index contributed by atoms with van der Waals surface area (Å²) < 4.78 is 34.1. The van der Waals surface area contributed by atoms with E-state index in [1.54, 1.807) is 30.0 Å². The van der Waals surface area contributed by atoms with Crippen LogP contribution in [-0.2, 0) is 14.8 Å². The van der Waals surface area contributed by atoms with Gasteiger partial charge in [0.05, 0.1) is 47.7 Å². The minimum atomic E-state index is -3.78. The Morgan fingerprint density at radius 1 is 0.705 bits per heavy atom. The number of sulfonamides is 1. The Balaban J connectivity index is -0.000000541. The average Bonchev–Trinajstić information content (AvgIpc) is 3.10. The first-order valence-electron chi connectivity index (χ1n) is 16.0. The van der Waals surface area contributed by atoms with E-state index in [2.05, 4.69) is 21.8 Å². The molecule has 2 aliphatic heterocycles. The zero-order valence-electron chi connectivity index (χ0n) is 29.1. The number of benzene rings is 3. The summed E-state index contributed by atoms with van der Waals surface area (Å²) in [4.78, 5) is 4.41. The van der Waals surface area contributed by atoms with Gasteiger partial charge >= 0.3 is 0 Å². The third-order valence-corrected chi connectivity index (χ3v) is 8.19. The second-order valence-electron chi connectivity index (χ2n) is 7.54. The Hall–Kier alpha value is -1.31. The van der Waals surface area contributed by atoms with Crippen molar-refractivity contribution in [1.82, 2.24) is 4.72 Å². The van der Waals surface area contributed by atoms with Crippen LogP contribution in [0, 0.1) is 31.1 Å². The Morgan fingerprint density at radius 2 is 1.11 bits per heavy atom. The minimum Gasteiger partial charge on any atom is -0.389 e. The molecule has 2 N–H and O–H groups in total. The molecule has 3 aromatic rings. The van der Waals surface area contributed by atoms with Gasteiger partial charge < -0.3 is 14.7 Å². The fourth-order valence-corrected chi connectivity index (χ4v) is 6.40. The van der Waals surface area contributed by atoms with Crippen LogP contribution in [-0.4, -0.2) is 44.9 Å². The molecule has 6 nitrogen and oxygen atoms in total. The second kappa shape index (κ2) is 28.0. The summed E-state index contributed by atoms with van der Waals surface area (Å²) in [6, 6.07) is 23.0. The molecule has 0 aromatic heterocycles. The molecule has 0 radical (unpaired) electrons. The Morgan fingerprint density at radius 3 is 1.57 bits per heavy atom. The predicted octanol–water partition coefficient (Wildman–Crippen LogP) is 9.80. The van der Waals surface area contributed by atoms with Gasteiger partial charge in [-0.2, -0.15) is 0 Å². The van der Waals surface area contributed by atoms with Crippen LogP contribution in [0.2, 0.25) is 0 Å². The van der Waals surface area contributed by atoms with E-state index in [9.17, 15) is 13.5 Å². The minimum absolute atomic E-state index is 0. The fourth-order valence-electron chi connectivity index (χ4n) is 4.07. The van der Waals surface area contributed by atoms with E-state index >= 15 is 0 Å². The SMILES string of the molecule is CC.CC.CC.CC.CC.CC.O=S(=O)(NC1COCC(N2c3ccccc3Sc3ccccc32)C1O)c1ccccc1.[3HH].[U]. The van der Waals surface area contributed by atoms with Gasteiger partial charge in [0.15, 0.2) is 0 Å². The Kier molecular flexibility index (Phi) is 29.9. The van der Waals surface area contributed by atoms with E-state index in [4.69, 9.17) is 4.74 Å². The molecular weight excluding hydrogens is 815 g/mol. The molecule has 0 spiro atoms. The molecule has 2 aliphatic rings. The van der Waals surface area contributed by atoms with Gasteiger partial charge in [-0.15, -0.1) is 0 Å². The Bertz CT molecular complexity index is 1160. The molecule has 3 atom stereocenters. The first-order valence-corrected chi connectivity index (χ1v) is 18.3. The third-order valence-electron chi connectivity index (χ3n) is 5.55. The van der Waals surface area contributed by atoms with Gasteiger partial charge in [-0.3, -0.25) is 0 Å². The zero-order chi connectivity index (χ0) is 33.4. The van der Waals surface area contributed by atoms with Crippen molar-refractivity contribution >= 4 is 33.2 Å². The Labute approximate surface area is 299 Å². The number of ether oxygens (including phenoxy) is 1. The van der Waals surface area contributed by atoms with Gasteiger partial charge in [-0.1, -0.05) is 137 Å². The molecule has 1 fully saturated rings. The number of nitrogens with one attached hydrogen (secondary N) is 1. The molecule has 250 valence electrons. The standard InChI is InChI=1S/C23H22N2O4S2.6C2H6.U.H2/c26-23-17(24-31(27,28)16-8-2-1-3-9-16)14-29-15-20(23)25-18-10-4-6-12-21(18)30-22-13-7-5-11-19(22)25;6*1-2;;/h1-13,17,20,23-24,26H,14-15H2;6*1-2H3;;1H/i;;;;;;;;1+2. The summed E-state index contributed by atoms with van der Waals surface area (Å²) in [5.41, 5.74) is 1.95. The third kappa shape index (κ3) is 13.2. The molecule has 0 aliphatic carbocycles. The molecule has 3 aromatic carbocycles. The van der Waals surface area contributed by atoms with E-state index in [-0.39, 0.29) is 50.6 Å². The normalized spacial score (nSPS) is 17.1. The fraction of sp³-hybridized carbons (Fsp3) is 0.486. The van der Waals surface area contributed by atoms with Gasteiger partial charge in [0.1, 0.15) is 0 Å². The molecular formula is C35H60N2O4S2U. The first kappa shape index (κ1) is 47.1. The molecule has 2 heterocycles. The van der Waals surface area contributed by atoms with Crippen molar-refractivity contribution < 1.29 is 50.8 Å². The van der Waals surface area contributed by atoms with Crippen molar-refractivity contribution in [3.8, 4) is 0 Å². The van der Waals surface area contributed by atoms with Crippen LogP contribution in [0.3, 0.4) is 0 Å². The number of para-hydroxylation sites is 2. The zero-order valence-corrected chi connectivity index (χ0v) is 34.9. The molecule has 5 rings (SSSR count). The second-order valence-corrected chi connectivity index (χ2v) is 10.3. The number of hydrogen-bond acceptors (Lipinski definition) is 6. The van der Waals surface area contributed by atoms with Crippen molar-refractivity contribution in [2.45, 2.75) is 116 Å². The summed E-state index contributed by atoms with van der Waals surface area (Å²) in [5, 5.41) is 11.3. The summed E-state index contributed by atoms with van der Waals surface area (Å²) in [5.74, 6) is 0.